The Morgan fingerprint density at radius 2 is 2.00 bits per heavy atom. The summed E-state index contributed by atoms with van der Waals surface area (Å²) in [4.78, 5) is 31.4. The van der Waals surface area contributed by atoms with E-state index in [1.165, 1.54) is 15.5 Å². The summed E-state index contributed by atoms with van der Waals surface area (Å²) in [6.07, 6.45) is 0.283. The van der Waals surface area contributed by atoms with Crippen LogP contribution in [0.2, 0.25) is 0 Å². The van der Waals surface area contributed by atoms with Gasteiger partial charge in [0.05, 0.1) is 29.2 Å². The highest BCUT2D eigenvalue weighted by molar-refractivity contribution is 7.89. The largest absolute Gasteiger partial charge is 0.331 e. The summed E-state index contributed by atoms with van der Waals surface area (Å²) in [5.74, 6) is 0.233. The molecule has 0 radical (unpaired) electrons. The fourth-order valence-electron chi connectivity index (χ4n) is 3.49. The molecule has 8 nitrogen and oxygen atoms in total. The summed E-state index contributed by atoms with van der Waals surface area (Å²) in [6, 6.07) is 5.77. The molecule has 1 aromatic heterocycles. The van der Waals surface area contributed by atoms with Crippen molar-refractivity contribution in [1.29, 1.82) is 0 Å². The number of nitrogens with one attached hydrogen (secondary N) is 1. The van der Waals surface area contributed by atoms with Crippen molar-refractivity contribution < 1.29 is 13.2 Å². The number of benzene rings is 1. The second-order valence-electron chi connectivity index (χ2n) is 6.63. The molecule has 9 heteroatoms. The van der Waals surface area contributed by atoms with Gasteiger partial charge in [0.25, 0.3) is 5.56 Å². The first-order valence-electron chi connectivity index (χ1n) is 8.22. The lowest BCUT2D eigenvalue weighted by Gasteiger charge is -2.28. The van der Waals surface area contributed by atoms with Crippen LogP contribution in [0.1, 0.15) is 22.6 Å². The van der Waals surface area contributed by atoms with Crippen molar-refractivity contribution in [3.63, 3.8) is 0 Å². The van der Waals surface area contributed by atoms with Crippen LogP contribution in [0.25, 0.3) is 0 Å². The first-order valence-corrected chi connectivity index (χ1v) is 9.70. The van der Waals surface area contributed by atoms with Crippen molar-refractivity contribution >= 4 is 15.9 Å². The maximum absolute atomic E-state index is 12.9. The molecule has 26 heavy (non-hydrogen) atoms. The molecule has 0 aliphatic carbocycles. The minimum atomic E-state index is -3.73. The van der Waals surface area contributed by atoms with Gasteiger partial charge in [-0.25, -0.2) is 13.4 Å². The molecule has 0 saturated heterocycles. The van der Waals surface area contributed by atoms with E-state index in [2.05, 4.69) is 9.71 Å². The Balaban J connectivity index is 1.63. The van der Waals surface area contributed by atoms with Crippen LogP contribution in [0.3, 0.4) is 0 Å². The lowest BCUT2D eigenvalue weighted by atomic mass is 10.1. The quantitative estimate of drug-likeness (QED) is 0.747. The van der Waals surface area contributed by atoms with Gasteiger partial charge in [0.2, 0.25) is 15.9 Å². The minimum Gasteiger partial charge on any atom is -0.331 e. The Morgan fingerprint density at radius 1 is 1.27 bits per heavy atom. The van der Waals surface area contributed by atoms with Crippen molar-refractivity contribution in [1.82, 2.24) is 19.2 Å². The van der Waals surface area contributed by atoms with Crippen LogP contribution < -0.4 is 10.3 Å². The van der Waals surface area contributed by atoms with Crippen molar-refractivity contribution in [2.45, 2.75) is 37.4 Å². The topological polar surface area (TPSA) is 101 Å². The number of nitrogens with zero attached hydrogens (tertiary/aromatic N) is 3. The molecule has 1 amide bonds. The van der Waals surface area contributed by atoms with Crippen molar-refractivity contribution in [3.05, 3.63) is 57.3 Å². The monoisotopic (exact) mass is 374 g/mol. The third kappa shape index (κ3) is 2.55. The fourth-order valence-corrected chi connectivity index (χ4v) is 4.93. The molecule has 3 heterocycles. The zero-order valence-electron chi connectivity index (χ0n) is 14.4. The van der Waals surface area contributed by atoms with Gasteiger partial charge in [0.15, 0.2) is 0 Å². The van der Waals surface area contributed by atoms with E-state index in [-0.39, 0.29) is 35.9 Å². The summed E-state index contributed by atoms with van der Waals surface area (Å²) >= 11 is 0. The van der Waals surface area contributed by atoms with Crippen LogP contribution in [0.15, 0.2) is 34.0 Å². The first-order chi connectivity index (χ1) is 12.3. The molecule has 2 aliphatic rings. The van der Waals surface area contributed by atoms with E-state index in [1.54, 1.807) is 32.2 Å². The van der Waals surface area contributed by atoms with Crippen LogP contribution in [0, 0.1) is 6.92 Å². The number of fused-ring (bicyclic) bond motifs is 2. The number of aromatic nitrogens is 2. The lowest BCUT2D eigenvalue weighted by Crippen LogP contribution is -2.50. The molecular formula is C17H18N4O4S. The normalized spacial score (nSPS) is 20.5. The zero-order valence-corrected chi connectivity index (χ0v) is 15.2. The van der Waals surface area contributed by atoms with Crippen LogP contribution in [0.4, 0.5) is 0 Å². The minimum absolute atomic E-state index is 0.147. The van der Waals surface area contributed by atoms with Crippen LogP contribution >= 0.6 is 0 Å². The Labute approximate surface area is 150 Å². The molecule has 1 aromatic carbocycles. The van der Waals surface area contributed by atoms with Crippen molar-refractivity contribution in [2.24, 2.45) is 7.05 Å². The molecule has 0 spiro atoms. The number of sulfonamides is 1. The van der Waals surface area contributed by atoms with E-state index in [4.69, 9.17) is 0 Å². The number of hydrogen-bond donors (Lipinski definition) is 1. The Bertz CT molecular complexity index is 1090. The van der Waals surface area contributed by atoms with Crippen molar-refractivity contribution in [2.75, 3.05) is 0 Å². The highest BCUT2D eigenvalue weighted by Crippen LogP contribution is 2.25. The van der Waals surface area contributed by atoms with Gasteiger partial charge in [0, 0.05) is 7.05 Å². The summed E-state index contributed by atoms with van der Waals surface area (Å²) in [7, 11) is -2.09. The van der Waals surface area contributed by atoms with E-state index >= 15 is 0 Å². The Hall–Kier alpha value is -2.52. The average Bonchev–Trinajstić information content (AvgIpc) is 3.02. The van der Waals surface area contributed by atoms with Gasteiger partial charge in [-0.05, 0) is 25.0 Å². The molecule has 0 saturated carbocycles. The van der Waals surface area contributed by atoms with E-state index in [0.29, 0.717) is 22.6 Å². The van der Waals surface area contributed by atoms with Crippen LogP contribution in [-0.4, -0.2) is 34.8 Å². The second-order valence-corrected chi connectivity index (χ2v) is 8.31. The highest BCUT2D eigenvalue weighted by Gasteiger charge is 2.38. The molecule has 1 unspecified atom stereocenters. The van der Waals surface area contributed by atoms with E-state index in [1.807, 2.05) is 0 Å². The number of hydrogen-bond acceptors (Lipinski definition) is 5. The van der Waals surface area contributed by atoms with E-state index in [0.717, 1.165) is 0 Å². The van der Waals surface area contributed by atoms with Gasteiger partial charge in [-0.2, -0.15) is 4.72 Å². The Morgan fingerprint density at radius 3 is 2.77 bits per heavy atom. The predicted molar refractivity (Wildman–Crippen MR) is 92.7 cm³/mol. The van der Waals surface area contributed by atoms with Gasteiger partial charge in [-0.1, -0.05) is 18.2 Å². The highest BCUT2D eigenvalue weighted by atomic mass is 32.2. The third-order valence-electron chi connectivity index (χ3n) is 4.98. The fraction of sp³-hybridized carbons (Fsp3) is 0.353. The van der Waals surface area contributed by atoms with E-state index in [9.17, 15) is 18.0 Å². The summed E-state index contributed by atoms with van der Waals surface area (Å²) in [5, 5.41) is 0. The molecule has 0 bridgehead atoms. The van der Waals surface area contributed by atoms with Crippen LogP contribution in [-0.2, 0) is 41.4 Å². The number of amides is 1. The number of carbonyl (C=O) groups is 1. The lowest BCUT2D eigenvalue weighted by molar-refractivity contribution is -0.133. The van der Waals surface area contributed by atoms with Gasteiger partial charge >= 0.3 is 0 Å². The van der Waals surface area contributed by atoms with Gasteiger partial charge in [-0.15, -0.1) is 0 Å². The summed E-state index contributed by atoms with van der Waals surface area (Å²) < 4.78 is 28.8. The molecule has 136 valence electrons. The van der Waals surface area contributed by atoms with Crippen LogP contribution in [0.5, 0.6) is 0 Å². The standard InChI is InChI=1S/C17H18N4O4S/c1-10-18-14-9-21(8-12(14)16(22)20(10)2)17(23)13-7-11-5-3-4-6-15(11)26(24,25)19-13/h3-6,13,19H,7-9H2,1-2H3. The van der Waals surface area contributed by atoms with Gasteiger partial charge < -0.3 is 4.90 Å². The molecule has 2 aliphatic heterocycles. The SMILES string of the molecule is Cc1nc2c(c(=O)n1C)CN(C(=O)C1Cc3ccccc3S(=O)(=O)N1)C2. The van der Waals surface area contributed by atoms with Gasteiger partial charge in [0.1, 0.15) is 11.9 Å². The van der Waals surface area contributed by atoms with E-state index < -0.39 is 16.1 Å². The predicted octanol–water partition coefficient (Wildman–Crippen LogP) is -0.166. The smallest absolute Gasteiger partial charge is 0.258 e. The maximum Gasteiger partial charge on any atom is 0.258 e. The number of carbonyl (C=O) groups excluding carboxylic acids is 1. The maximum atomic E-state index is 12.9. The summed E-state index contributed by atoms with van der Waals surface area (Å²) in [5.41, 5.74) is 1.52. The first kappa shape index (κ1) is 16.9. The summed E-state index contributed by atoms with van der Waals surface area (Å²) in [6.45, 7) is 2.09. The molecule has 1 N–H and O–H groups in total. The molecule has 4 rings (SSSR count). The zero-order chi connectivity index (χ0) is 18.6. The number of aryl methyl sites for hydroxylation is 1. The number of rotatable bonds is 1. The molecule has 1 atom stereocenters. The average molecular weight is 374 g/mol. The third-order valence-corrected chi connectivity index (χ3v) is 6.55. The second kappa shape index (κ2) is 5.75. The molecule has 0 fully saturated rings. The molecular weight excluding hydrogens is 356 g/mol. The van der Waals surface area contributed by atoms with Crippen molar-refractivity contribution in [3.8, 4) is 0 Å². The van der Waals surface area contributed by atoms with Gasteiger partial charge in [-0.3, -0.25) is 14.2 Å². The Kier molecular flexibility index (Phi) is 3.74. The molecule has 2 aromatic rings.